The molecule has 1 heterocycles. The first-order valence-corrected chi connectivity index (χ1v) is 5.54. The molecule has 0 aliphatic heterocycles. The van der Waals surface area contributed by atoms with E-state index in [2.05, 4.69) is 20.5 Å². The summed E-state index contributed by atoms with van der Waals surface area (Å²) in [6.07, 6.45) is 1.99. The fraction of sp³-hybridized carbons (Fsp3) is 0.600. The van der Waals surface area contributed by atoms with Crippen molar-refractivity contribution in [3.63, 3.8) is 0 Å². The van der Waals surface area contributed by atoms with Gasteiger partial charge in [-0.15, -0.1) is 5.10 Å². The van der Waals surface area contributed by atoms with Gasteiger partial charge in [-0.05, 0) is 12.8 Å². The summed E-state index contributed by atoms with van der Waals surface area (Å²) in [7, 11) is 0. The fourth-order valence-electron chi connectivity index (χ4n) is 1.24. The van der Waals surface area contributed by atoms with Crippen LogP contribution in [0.15, 0.2) is 0 Å². The zero-order valence-corrected chi connectivity index (χ0v) is 9.69. The average Bonchev–Trinajstić information content (AvgIpc) is 2.76. The number of H-pyrrole nitrogens is 1. The van der Waals surface area contributed by atoms with Crippen LogP contribution in [0.5, 0.6) is 0 Å². The number of aliphatic carboxylic acids is 1. The molecular weight excluding hydrogens is 224 g/mol. The summed E-state index contributed by atoms with van der Waals surface area (Å²) in [5.74, 6) is -0.365. The highest BCUT2D eigenvalue weighted by atomic mass is 16.4. The Morgan fingerprint density at radius 2 is 2.18 bits per heavy atom. The number of aryl methyl sites for hydroxylation is 1. The fourth-order valence-corrected chi connectivity index (χ4v) is 1.24. The molecule has 7 nitrogen and oxygen atoms in total. The minimum Gasteiger partial charge on any atom is -0.481 e. The van der Waals surface area contributed by atoms with Crippen LogP contribution in [0.25, 0.3) is 0 Å². The maximum absolute atomic E-state index is 11.5. The zero-order chi connectivity index (χ0) is 12.7. The lowest BCUT2D eigenvalue weighted by Gasteiger charge is -2.00. The highest BCUT2D eigenvalue weighted by Crippen LogP contribution is 1.96. The van der Waals surface area contributed by atoms with E-state index in [4.69, 9.17) is 5.11 Å². The molecule has 1 aromatic heterocycles. The lowest BCUT2D eigenvalue weighted by atomic mass is 10.2. The van der Waals surface area contributed by atoms with Gasteiger partial charge in [0.25, 0.3) is 5.91 Å². The number of carboxylic acid groups (broad SMARTS) is 1. The Morgan fingerprint density at radius 3 is 2.76 bits per heavy atom. The van der Waals surface area contributed by atoms with Gasteiger partial charge in [-0.2, -0.15) is 0 Å². The van der Waals surface area contributed by atoms with Gasteiger partial charge in [0.05, 0.1) is 0 Å². The molecule has 0 saturated heterocycles. The number of carbonyl (C=O) groups is 2. The first-order chi connectivity index (χ1) is 8.13. The van der Waals surface area contributed by atoms with Crippen molar-refractivity contribution in [1.82, 2.24) is 20.5 Å². The standard InChI is InChI=1S/C10H16N4O3/c1-2-7-12-9(14-13-7)10(17)11-6-4-3-5-8(15)16/h2-6H2,1H3,(H,11,17)(H,15,16)(H,12,13,14). The molecule has 0 atom stereocenters. The summed E-state index contributed by atoms with van der Waals surface area (Å²) in [6.45, 7) is 2.34. The number of rotatable bonds is 7. The molecule has 0 fully saturated rings. The first-order valence-electron chi connectivity index (χ1n) is 5.54. The Labute approximate surface area is 98.6 Å². The first kappa shape index (κ1) is 13.1. The number of carbonyl (C=O) groups excluding carboxylic acids is 1. The van der Waals surface area contributed by atoms with Crippen molar-refractivity contribution >= 4 is 11.9 Å². The molecule has 17 heavy (non-hydrogen) atoms. The summed E-state index contributed by atoms with van der Waals surface area (Å²) >= 11 is 0. The van der Waals surface area contributed by atoms with E-state index >= 15 is 0 Å². The van der Waals surface area contributed by atoms with Gasteiger partial charge in [0, 0.05) is 19.4 Å². The van der Waals surface area contributed by atoms with Crippen LogP contribution >= 0.6 is 0 Å². The van der Waals surface area contributed by atoms with E-state index in [0.717, 1.165) is 0 Å². The number of hydrogen-bond acceptors (Lipinski definition) is 4. The number of nitrogens with zero attached hydrogens (tertiary/aromatic N) is 2. The van der Waals surface area contributed by atoms with E-state index in [9.17, 15) is 9.59 Å². The molecular formula is C10H16N4O3. The van der Waals surface area contributed by atoms with Crippen LogP contribution in [0.3, 0.4) is 0 Å². The highest BCUT2D eigenvalue weighted by molar-refractivity contribution is 5.90. The summed E-state index contributed by atoms with van der Waals surface area (Å²) in [5.41, 5.74) is 0. The van der Waals surface area contributed by atoms with Crippen LogP contribution in [-0.4, -0.2) is 38.7 Å². The second-order valence-corrected chi connectivity index (χ2v) is 3.57. The van der Waals surface area contributed by atoms with E-state index in [1.807, 2.05) is 6.92 Å². The minimum atomic E-state index is -0.821. The highest BCUT2D eigenvalue weighted by Gasteiger charge is 2.10. The van der Waals surface area contributed by atoms with E-state index in [1.165, 1.54) is 0 Å². The van der Waals surface area contributed by atoms with Gasteiger partial charge in [-0.25, -0.2) is 4.98 Å². The van der Waals surface area contributed by atoms with Crippen LogP contribution in [-0.2, 0) is 11.2 Å². The maximum Gasteiger partial charge on any atom is 0.303 e. The Bertz CT molecular complexity index is 389. The lowest BCUT2D eigenvalue weighted by molar-refractivity contribution is -0.137. The van der Waals surface area contributed by atoms with Crippen molar-refractivity contribution < 1.29 is 14.7 Å². The normalized spacial score (nSPS) is 10.2. The smallest absolute Gasteiger partial charge is 0.303 e. The van der Waals surface area contributed by atoms with E-state index in [-0.39, 0.29) is 18.2 Å². The molecule has 7 heteroatoms. The van der Waals surface area contributed by atoms with Crippen molar-refractivity contribution in [3.8, 4) is 0 Å². The third kappa shape index (κ3) is 4.62. The Kier molecular flexibility index (Phi) is 5.12. The largest absolute Gasteiger partial charge is 0.481 e. The Morgan fingerprint density at radius 1 is 1.41 bits per heavy atom. The summed E-state index contributed by atoms with van der Waals surface area (Å²) in [6, 6.07) is 0. The second-order valence-electron chi connectivity index (χ2n) is 3.57. The van der Waals surface area contributed by atoms with Gasteiger partial charge in [0.2, 0.25) is 5.82 Å². The van der Waals surface area contributed by atoms with Crippen LogP contribution < -0.4 is 5.32 Å². The van der Waals surface area contributed by atoms with E-state index in [0.29, 0.717) is 31.6 Å². The number of unbranched alkanes of at least 4 members (excludes halogenated alkanes) is 1. The molecule has 1 amide bonds. The van der Waals surface area contributed by atoms with Gasteiger partial charge in [0.1, 0.15) is 5.82 Å². The number of aromatic nitrogens is 3. The van der Waals surface area contributed by atoms with E-state index < -0.39 is 5.97 Å². The van der Waals surface area contributed by atoms with Gasteiger partial charge >= 0.3 is 5.97 Å². The molecule has 0 aliphatic rings. The molecule has 0 spiro atoms. The zero-order valence-electron chi connectivity index (χ0n) is 9.69. The SMILES string of the molecule is CCc1nc(C(=O)NCCCCC(=O)O)n[nH]1. The lowest BCUT2D eigenvalue weighted by Crippen LogP contribution is -2.25. The van der Waals surface area contributed by atoms with Gasteiger partial charge in [-0.3, -0.25) is 14.7 Å². The molecule has 0 saturated carbocycles. The van der Waals surface area contributed by atoms with Gasteiger partial charge < -0.3 is 10.4 Å². The third-order valence-electron chi connectivity index (χ3n) is 2.17. The molecule has 0 bridgehead atoms. The number of aromatic amines is 1. The quantitative estimate of drug-likeness (QED) is 0.596. The molecule has 3 N–H and O–H groups in total. The van der Waals surface area contributed by atoms with Gasteiger partial charge in [0.15, 0.2) is 0 Å². The number of nitrogens with one attached hydrogen (secondary N) is 2. The predicted octanol–water partition coefficient (Wildman–Crippen LogP) is 0.352. The summed E-state index contributed by atoms with van der Waals surface area (Å²) in [4.78, 5) is 25.7. The van der Waals surface area contributed by atoms with Crippen LogP contribution in [0.2, 0.25) is 0 Å². The second kappa shape index (κ2) is 6.62. The topological polar surface area (TPSA) is 108 Å². The van der Waals surface area contributed by atoms with Crippen LogP contribution in [0.4, 0.5) is 0 Å². The van der Waals surface area contributed by atoms with Crippen molar-refractivity contribution in [2.45, 2.75) is 32.6 Å². The molecule has 1 aromatic rings. The third-order valence-corrected chi connectivity index (χ3v) is 2.17. The number of amides is 1. The van der Waals surface area contributed by atoms with Crippen molar-refractivity contribution in [3.05, 3.63) is 11.6 Å². The number of hydrogen-bond donors (Lipinski definition) is 3. The molecule has 0 unspecified atom stereocenters. The molecule has 0 aromatic carbocycles. The van der Waals surface area contributed by atoms with Crippen LogP contribution in [0, 0.1) is 0 Å². The van der Waals surface area contributed by atoms with Crippen LogP contribution in [0.1, 0.15) is 42.6 Å². The van der Waals surface area contributed by atoms with Gasteiger partial charge in [-0.1, -0.05) is 6.92 Å². The predicted molar refractivity (Wildman–Crippen MR) is 59.6 cm³/mol. The Hall–Kier alpha value is -1.92. The maximum atomic E-state index is 11.5. The van der Waals surface area contributed by atoms with Crippen molar-refractivity contribution in [2.24, 2.45) is 0 Å². The van der Waals surface area contributed by atoms with Crippen molar-refractivity contribution in [1.29, 1.82) is 0 Å². The van der Waals surface area contributed by atoms with E-state index in [1.54, 1.807) is 0 Å². The summed E-state index contributed by atoms with van der Waals surface area (Å²) < 4.78 is 0. The molecule has 0 radical (unpaired) electrons. The monoisotopic (exact) mass is 240 g/mol. The number of carboxylic acids is 1. The Balaban J connectivity index is 2.23. The molecule has 1 rings (SSSR count). The van der Waals surface area contributed by atoms with Crippen molar-refractivity contribution in [2.75, 3.05) is 6.54 Å². The minimum absolute atomic E-state index is 0.122. The summed E-state index contributed by atoms with van der Waals surface area (Å²) in [5, 5.41) is 17.5. The molecule has 94 valence electrons. The molecule has 0 aliphatic carbocycles. The average molecular weight is 240 g/mol.